The molecule has 0 spiro atoms. The molecule has 0 aliphatic heterocycles. The molecule has 1 heteroatoms. The van der Waals surface area contributed by atoms with Crippen LogP contribution >= 0.6 is 0 Å². The van der Waals surface area contributed by atoms with Gasteiger partial charge in [-0.1, -0.05) is 50.3 Å². The lowest BCUT2D eigenvalue weighted by Gasteiger charge is -2.31. The van der Waals surface area contributed by atoms with E-state index in [1.54, 1.807) is 0 Å². The third-order valence-electron chi connectivity index (χ3n) is 3.44. The summed E-state index contributed by atoms with van der Waals surface area (Å²) >= 11 is 0. The Morgan fingerprint density at radius 2 is 2.06 bits per heavy atom. The van der Waals surface area contributed by atoms with Crippen LogP contribution in [-0.2, 0) is 0 Å². The maximum atomic E-state index is 8.97. The van der Waals surface area contributed by atoms with Crippen LogP contribution in [0.2, 0.25) is 0 Å². The lowest BCUT2D eigenvalue weighted by atomic mass is 9.73. The highest BCUT2D eigenvalue weighted by atomic mass is 14.3. The summed E-state index contributed by atoms with van der Waals surface area (Å²) < 4.78 is 0. The molecule has 82 valence electrons. The molecule has 0 N–H and O–H groups in total. The molecule has 1 aliphatic rings. The van der Waals surface area contributed by atoms with Crippen LogP contribution < -0.4 is 0 Å². The van der Waals surface area contributed by atoms with Crippen LogP contribution in [0, 0.1) is 23.2 Å². The van der Waals surface area contributed by atoms with Gasteiger partial charge in [0.15, 0.2) is 0 Å². The predicted molar refractivity (Wildman–Crippen MR) is 66.8 cm³/mol. The van der Waals surface area contributed by atoms with Crippen LogP contribution in [0.15, 0.2) is 30.3 Å². The fraction of sp³-hybridized carbons (Fsp3) is 0.400. The summed E-state index contributed by atoms with van der Waals surface area (Å²) in [6, 6.07) is 10.8. The fourth-order valence-electron chi connectivity index (χ4n) is 2.59. The number of allylic oxidation sites excluding steroid dienone is 1. The van der Waals surface area contributed by atoms with Crippen molar-refractivity contribution in [2.75, 3.05) is 0 Å². The van der Waals surface area contributed by atoms with Gasteiger partial charge in [-0.15, -0.1) is 0 Å². The van der Waals surface area contributed by atoms with Gasteiger partial charge in [-0.05, 0) is 23.0 Å². The lowest BCUT2D eigenvalue weighted by molar-refractivity contribution is 0.387. The second-order valence-electron chi connectivity index (χ2n) is 4.78. The number of hydrogen-bond acceptors (Lipinski definition) is 1. The molecule has 0 aromatic heterocycles. The summed E-state index contributed by atoms with van der Waals surface area (Å²) in [6.07, 6.45) is 5.09. The van der Waals surface area contributed by atoms with Crippen molar-refractivity contribution in [1.82, 2.24) is 0 Å². The molecule has 0 unspecified atom stereocenters. The molecule has 0 fully saturated rings. The van der Waals surface area contributed by atoms with E-state index in [-0.39, 0.29) is 0 Å². The Morgan fingerprint density at radius 3 is 2.75 bits per heavy atom. The van der Waals surface area contributed by atoms with Crippen LogP contribution in [0.5, 0.6) is 0 Å². The largest absolute Gasteiger partial charge is 0.198 e. The average Bonchev–Trinajstić information content (AvgIpc) is 2.29. The molecule has 0 radical (unpaired) electrons. The first-order valence-corrected chi connectivity index (χ1v) is 5.88. The zero-order chi connectivity index (χ0) is 11.5. The Hall–Kier alpha value is -1.55. The molecule has 2 rings (SSSR count). The number of fused-ring (bicyclic) bond motifs is 1. The molecule has 1 nitrogen and oxygen atoms in total. The van der Waals surface area contributed by atoms with E-state index in [2.05, 4.69) is 56.3 Å². The van der Waals surface area contributed by atoms with Gasteiger partial charge in [-0.2, -0.15) is 5.26 Å². The Bertz CT molecular complexity index is 437. The molecule has 1 aliphatic carbocycles. The number of benzene rings is 1. The lowest BCUT2D eigenvalue weighted by Crippen LogP contribution is -2.19. The summed E-state index contributed by atoms with van der Waals surface area (Å²) in [5.74, 6) is 1.45. The highest BCUT2D eigenvalue weighted by molar-refractivity contribution is 5.58. The maximum Gasteiger partial charge on any atom is 0.0628 e. The van der Waals surface area contributed by atoms with Crippen molar-refractivity contribution in [3.05, 3.63) is 41.5 Å². The normalized spacial score (nSPS) is 22.9. The first kappa shape index (κ1) is 11.0. The van der Waals surface area contributed by atoms with Gasteiger partial charge in [0.1, 0.15) is 0 Å². The molecular formula is C15H17N. The van der Waals surface area contributed by atoms with E-state index in [0.29, 0.717) is 24.2 Å². The van der Waals surface area contributed by atoms with Gasteiger partial charge in [0.2, 0.25) is 0 Å². The van der Waals surface area contributed by atoms with Crippen molar-refractivity contribution in [3.8, 4) is 6.07 Å². The minimum absolute atomic E-state index is 0.367. The minimum atomic E-state index is 0.367. The molecule has 0 heterocycles. The zero-order valence-corrected chi connectivity index (χ0v) is 9.85. The Balaban J connectivity index is 2.42. The van der Waals surface area contributed by atoms with Crippen molar-refractivity contribution in [2.45, 2.75) is 26.2 Å². The van der Waals surface area contributed by atoms with E-state index in [9.17, 15) is 0 Å². The van der Waals surface area contributed by atoms with Crippen molar-refractivity contribution in [1.29, 1.82) is 5.26 Å². The summed E-state index contributed by atoms with van der Waals surface area (Å²) in [4.78, 5) is 0. The minimum Gasteiger partial charge on any atom is -0.198 e. The highest BCUT2D eigenvalue weighted by Gasteiger charge is 2.27. The van der Waals surface area contributed by atoms with Crippen molar-refractivity contribution >= 4 is 6.08 Å². The topological polar surface area (TPSA) is 23.8 Å². The van der Waals surface area contributed by atoms with Crippen LogP contribution in [0.4, 0.5) is 0 Å². The van der Waals surface area contributed by atoms with Crippen molar-refractivity contribution < 1.29 is 0 Å². The second kappa shape index (κ2) is 4.53. The van der Waals surface area contributed by atoms with Gasteiger partial charge in [0, 0.05) is 12.3 Å². The molecule has 0 saturated carbocycles. The molecule has 0 bridgehead atoms. The molecule has 1 aromatic rings. The summed E-state index contributed by atoms with van der Waals surface area (Å²) in [7, 11) is 0. The van der Waals surface area contributed by atoms with Crippen LogP contribution in [0.1, 0.15) is 37.3 Å². The second-order valence-corrected chi connectivity index (χ2v) is 4.78. The molecule has 1 aromatic carbocycles. The molecule has 16 heavy (non-hydrogen) atoms. The van der Waals surface area contributed by atoms with Crippen LogP contribution in [0.3, 0.4) is 0 Å². The molecule has 2 atom stereocenters. The van der Waals surface area contributed by atoms with E-state index in [4.69, 9.17) is 5.26 Å². The van der Waals surface area contributed by atoms with Gasteiger partial charge in [0.25, 0.3) is 0 Å². The number of nitriles is 1. The molecule has 0 saturated heterocycles. The summed E-state index contributed by atoms with van der Waals surface area (Å²) in [5, 5.41) is 8.97. The number of hydrogen-bond donors (Lipinski definition) is 0. The Labute approximate surface area is 97.4 Å². The van der Waals surface area contributed by atoms with E-state index < -0.39 is 0 Å². The zero-order valence-electron chi connectivity index (χ0n) is 9.85. The Morgan fingerprint density at radius 1 is 1.31 bits per heavy atom. The van der Waals surface area contributed by atoms with Gasteiger partial charge < -0.3 is 0 Å². The van der Waals surface area contributed by atoms with E-state index >= 15 is 0 Å². The first-order valence-electron chi connectivity index (χ1n) is 5.88. The molecular weight excluding hydrogens is 194 g/mol. The van der Waals surface area contributed by atoms with Crippen molar-refractivity contribution in [2.24, 2.45) is 11.8 Å². The van der Waals surface area contributed by atoms with Gasteiger partial charge in [0.05, 0.1) is 6.07 Å². The first-order chi connectivity index (χ1) is 7.74. The van der Waals surface area contributed by atoms with Crippen LogP contribution in [0.25, 0.3) is 6.08 Å². The Kier molecular flexibility index (Phi) is 3.10. The highest BCUT2D eigenvalue weighted by Crippen LogP contribution is 2.39. The van der Waals surface area contributed by atoms with Gasteiger partial charge >= 0.3 is 0 Å². The summed E-state index contributed by atoms with van der Waals surface area (Å²) in [5.41, 5.74) is 2.62. The molecule has 0 amide bonds. The smallest absolute Gasteiger partial charge is 0.0628 e. The maximum absolute atomic E-state index is 8.97. The standard InChI is InChI=1S/C15H17N/c1-11(2)13-8-7-12-5-3-4-6-14(12)15(13)9-10-16/h3-8,11,13,15H,9H2,1-2H3/t13-,15-/m1/s1. The van der Waals surface area contributed by atoms with E-state index in [1.165, 1.54) is 11.1 Å². The quantitative estimate of drug-likeness (QED) is 0.725. The van der Waals surface area contributed by atoms with Crippen molar-refractivity contribution in [3.63, 3.8) is 0 Å². The monoisotopic (exact) mass is 211 g/mol. The van der Waals surface area contributed by atoms with Gasteiger partial charge in [-0.3, -0.25) is 0 Å². The average molecular weight is 211 g/mol. The SMILES string of the molecule is CC(C)[C@H]1C=Cc2ccccc2[C@@H]1CC#N. The summed E-state index contributed by atoms with van der Waals surface area (Å²) in [6.45, 7) is 4.46. The third kappa shape index (κ3) is 1.88. The van der Waals surface area contributed by atoms with E-state index in [1.807, 2.05) is 0 Å². The van der Waals surface area contributed by atoms with E-state index in [0.717, 1.165) is 0 Å². The number of rotatable bonds is 2. The number of nitrogens with zero attached hydrogens (tertiary/aromatic N) is 1. The fourth-order valence-corrected chi connectivity index (χ4v) is 2.59. The third-order valence-corrected chi connectivity index (χ3v) is 3.44. The van der Waals surface area contributed by atoms with Gasteiger partial charge in [-0.25, -0.2) is 0 Å². The predicted octanol–water partition coefficient (Wildman–Crippen LogP) is 3.98. The van der Waals surface area contributed by atoms with Crippen LogP contribution in [-0.4, -0.2) is 0 Å².